The van der Waals surface area contributed by atoms with Crippen molar-refractivity contribution in [1.82, 2.24) is 19.8 Å². The number of piperidine rings is 1. The summed E-state index contributed by atoms with van der Waals surface area (Å²) in [4.78, 5) is 1.80. The largest absolute Gasteiger partial charge is 0.422 e. The van der Waals surface area contributed by atoms with Crippen molar-refractivity contribution in [2.24, 2.45) is 5.92 Å². The Balaban J connectivity index is 1.45. The molecule has 0 spiro atoms. The van der Waals surface area contributed by atoms with Crippen molar-refractivity contribution in [3.63, 3.8) is 0 Å². The molecule has 0 amide bonds. The van der Waals surface area contributed by atoms with Crippen LogP contribution in [0.2, 0.25) is 0 Å². The topological polar surface area (TPSA) is 46.3 Å². The summed E-state index contributed by atoms with van der Waals surface area (Å²) in [6, 6.07) is 10.2. The van der Waals surface area contributed by atoms with Gasteiger partial charge in [0, 0.05) is 19.5 Å². The van der Waals surface area contributed by atoms with Crippen LogP contribution in [0.3, 0.4) is 0 Å². The lowest BCUT2D eigenvalue weighted by Gasteiger charge is -2.34. The van der Waals surface area contributed by atoms with E-state index in [1.165, 1.54) is 16.3 Å². The molecule has 2 aliphatic rings. The summed E-state index contributed by atoms with van der Waals surface area (Å²) in [6.45, 7) is 1.12. The van der Waals surface area contributed by atoms with Crippen molar-refractivity contribution in [1.29, 1.82) is 0 Å². The highest BCUT2D eigenvalue weighted by Crippen LogP contribution is 2.41. The fraction of sp³-hybridized carbons (Fsp3) is 0.476. The summed E-state index contributed by atoms with van der Waals surface area (Å²) in [5, 5.41) is 12.2. The van der Waals surface area contributed by atoms with Crippen LogP contribution < -0.4 is 4.90 Å². The van der Waals surface area contributed by atoms with Gasteiger partial charge in [0.15, 0.2) is 11.5 Å². The first-order valence-corrected chi connectivity index (χ1v) is 10.1. The van der Waals surface area contributed by atoms with Crippen LogP contribution >= 0.6 is 0 Å². The number of rotatable bonds is 4. The van der Waals surface area contributed by atoms with Gasteiger partial charge < -0.3 is 4.90 Å². The fourth-order valence-corrected chi connectivity index (χ4v) is 4.28. The normalized spacial score (nSPS) is 18.5. The van der Waals surface area contributed by atoms with Crippen LogP contribution in [0.25, 0.3) is 5.65 Å². The van der Waals surface area contributed by atoms with E-state index in [2.05, 4.69) is 27.4 Å². The Hall–Kier alpha value is -2.64. The van der Waals surface area contributed by atoms with E-state index in [4.69, 9.17) is 0 Å². The lowest BCUT2D eigenvalue weighted by Crippen LogP contribution is -2.34. The zero-order valence-corrected chi connectivity index (χ0v) is 15.9. The lowest BCUT2D eigenvalue weighted by molar-refractivity contribution is -0.136. The van der Waals surface area contributed by atoms with Gasteiger partial charge in [-0.05, 0) is 43.1 Å². The predicted molar refractivity (Wildman–Crippen MR) is 103 cm³/mol. The minimum Gasteiger partial charge on any atom is -0.370 e. The van der Waals surface area contributed by atoms with Crippen molar-refractivity contribution in [3.05, 3.63) is 53.5 Å². The lowest BCUT2D eigenvalue weighted by atomic mass is 9.89. The molecule has 0 atom stereocenters. The summed E-state index contributed by atoms with van der Waals surface area (Å²) < 4.78 is 43.3. The minimum atomic E-state index is -4.51. The number of anilines is 1. The second-order valence-corrected chi connectivity index (χ2v) is 8.07. The molecular weight excluding hydrogens is 379 g/mol. The van der Waals surface area contributed by atoms with Gasteiger partial charge in [-0.25, -0.2) is 0 Å². The van der Waals surface area contributed by atoms with Crippen LogP contribution in [0.1, 0.15) is 48.6 Å². The Morgan fingerprint density at radius 2 is 1.69 bits per heavy atom. The molecule has 2 aromatic heterocycles. The van der Waals surface area contributed by atoms with Gasteiger partial charge in [0.2, 0.25) is 0 Å². The van der Waals surface area contributed by atoms with Crippen LogP contribution in [0, 0.1) is 5.92 Å². The first kappa shape index (κ1) is 18.4. The van der Waals surface area contributed by atoms with E-state index in [0.717, 1.165) is 25.7 Å². The molecule has 2 fully saturated rings. The summed E-state index contributed by atoms with van der Waals surface area (Å²) in [5.41, 5.74) is 0.455. The molecule has 5 nitrogen and oxygen atoms in total. The van der Waals surface area contributed by atoms with Crippen molar-refractivity contribution in [3.8, 4) is 0 Å². The molecule has 29 heavy (non-hydrogen) atoms. The van der Waals surface area contributed by atoms with Gasteiger partial charge in [0.25, 0.3) is 0 Å². The van der Waals surface area contributed by atoms with Crippen LogP contribution in [0.4, 0.5) is 18.9 Å². The van der Waals surface area contributed by atoms with Crippen molar-refractivity contribution < 1.29 is 13.2 Å². The van der Waals surface area contributed by atoms with E-state index in [9.17, 15) is 13.2 Å². The second kappa shape index (κ2) is 7.00. The van der Waals surface area contributed by atoms with Crippen LogP contribution in [0.5, 0.6) is 0 Å². The molecule has 3 heterocycles. The van der Waals surface area contributed by atoms with E-state index in [1.54, 1.807) is 4.90 Å². The van der Waals surface area contributed by atoms with Crippen molar-refractivity contribution in [2.45, 2.75) is 44.2 Å². The molecule has 8 heteroatoms. The van der Waals surface area contributed by atoms with E-state index >= 15 is 0 Å². The van der Waals surface area contributed by atoms with Gasteiger partial charge in [-0.1, -0.05) is 30.3 Å². The standard InChI is InChI=1S/C21H22F3N5/c22-21(23,24)19-17(13-25-29-18(12-14-6-7-14)26-27-20(19)29)28-10-8-16(9-11-28)15-4-2-1-3-5-15/h1-5,13-14,16H,6-12H2. The number of fused-ring (bicyclic) bond motifs is 1. The number of alkyl halides is 3. The molecule has 1 saturated carbocycles. The van der Waals surface area contributed by atoms with Gasteiger partial charge >= 0.3 is 6.18 Å². The number of benzene rings is 1. The van der Waals surface area contributed by atoms with Gasteiger partial charge in [-0.2, -0.15) is 22.8 Å². The Morgan fingerprint density at radius 3 is 2.34 bits per heavy atom. The number of halogens is 3. The van der Waals surface area contributed by atoms with E-state index in [1.807, 2.05) is 18.2 Å². The maximum atomic E-state index is 14.0. The molecule has 152 valence electrons. The van der Waals surface area contributed by atoms with Crippen LogP contribution in [0.15, 0.2) is 36.5 Å². The molecule has 0 bridgehead atoms. The van der Waals surface area contributed by atoms with Gasteiger partial charge in [0.1, 0.15) is 5.56 Å². The highest BCUT2D eigenvalue weighted by Gasteiger charge is 2.40. The first-order chi connectivity index (χ1) is 14.0. The highest BCUT2D eigenvalue weighted by molar-refractivity contribution is 5.65. The van der Waals surface area contributed by atoms with Crippen molar-refractivity contribution in [2.75, 3.05) is 18.0 Å². The molecule has 0 unspecified atom stereocenters. The third kappa shape index (κ3) is 3.56. The molecule has 1 aromatic carbocycles. The maximum Gasteiger partial charge on any atom is 0.422 e. The zero-order valence-electron chi connectivity index (χ0n) is 15.9. The maximum absolute atomic E-state index is 14.0. The molecule has 0 N–H and O–H groups in total. The highest BCUT2D eigenvalue weighted by atomic mass is 19.4. The number of nitrogens with zero attached hydrogens (tertiary/aromatic N) is 5. The summed E-state index contributed by atoms with van der Waals surface area (Å²) in [5.74, 6) is 1.38. The fourth-order valence-electron chi connectivity index (χ4n) is 4.28. The monoisotopic (exact) mass is 401 g/mol. The third-order valence-corrected chi connectivity index (χ3v) is 6.04. The summed E-state index contributed by atoms with van der Waals surface area (Å²) in [7, 11) is 0. The Kier molecular flexibility index (Phi) is 4.44. The second-order valence-electron chi connectivity index (χ2n) is 8.07. The summed E-state index contributed by atoms with van der Waals surface area (Å²) >= 11 is 0. The Morgan fingerprint density at radius 1 is 0.966 bits per heavy atom. The molecule has 1 aliphatic carbocycles. The Bertz CT molecular complexity index is 1000. The zero-order chi connectivity index (χ0) is 20.0. The van der Waals surface area contributed by atoms with Gasteiger partial charge in [-0.15, -0.1) is 10.2 Å². The predicted octanol–water partition coefficient (Wildman–Crippen LogP) is 4.48. The first-order valence-electron chi connectivity index (χ1n) is 10.1. The van der Waals surface area contributed by atoms with E-state index in [0.29, 0.717) is 37.2 Å². The SMILES string of the molecule is FC(F)(F)c1c(N2CCC(c3ccccc3)CC2)cnn2c(CC3CC3)nnc12. The molecule has 1 aliphatic heterocycles. The summed E-state index contributed by atoms with van der Waals surface area (Å²) in [6.07, 6.45) is 1.27. The van der Waals surface area contributed by atoms with Crippen LogP contribution in [-0.4, -0.2) is 32.9 Å². The van der Waals surface area contributed by atoms with Crippen molar-refractivity contribution >= 4 is 11.3 Å². The quantitative estimate of drug-likeness (QED) is 0.647. The molecule has 3 aromatic rings. The van der Waals surface area contributed by atoms with E-state index < -0.39 is 11.7 Å². The Labute approximate surface area is 166 Å². The van der Waals surface area contributed by atoms with Crippen LogP contribution in [-0.2, 0) is 12.6 Å². The number of hydrogen-bond acceptors (Lipinski definition) is 4. The molecular formula is C21H22F3N5. The average Bonchev–Trinajstić information content (AvgIpc) is 3.46. The minimum absolute atomic E-state index is 0.113. The average molecular weight is 401 g/mol. The smallest absolute Gasteiger partial charge is 0.370 e. The van der Waals surface area contributed by atoms with E-state index in [-0.39, 0.29) is 11.3 Å². The number of aromatic nitrogens is 4. The molecule has 5 rings (SSSR count). The molecule has 0 radical (unpaired) electrons. The third-order valence-electron chi connectivity index (χ3n) is 6.04. The molecule has 1 saturated heterocycles. The van der Waals surface area contributed by atoms with Gasteiger partial charge in [-0.3, -0.25) is 0 Å². The van der Waals surface area contributed by atoms with Gasteiger partial charge in [0.05, 0.1) is 11.9 Å². The number of hydrogen-bond donors (Lipinski definition) is 0.